The number of likely N-dealkylation sites (tertiary alicyclic amines) is 1. The molecule has 154 valence electrons. The minimum atomic E-state index is -0.628. The Labute approximate surface area is 167 Å². The fraction of sp³-hybridized carbons (Fsp3) is 0.421. The van der Waals surface area contributed by atoms with Gasteiger partial charge in [0.2, 0.25) is 0 Å². The minimum absolute atomic E-state index is 0.0677. The van der Waals surface area contributed by atoms with Crippen LogP contribution >= 0.6 is 0 Å². The maximum absolute atomic E-state index is 12.1. The topological polar surface area (TPSA) is 116 Å². The standard InChI is InChI=1S/C19H23N5O5/c1-2-28-19(27)23-10-6-15(7-11-23)22-17(25)13-29-18(26)14-4-5-16(20-12-14)24-9-3-8-21-24/h3-5,8-9,12,15H,2,6-7,10-11,13H2,1H3,(H,22,25). The number of hydrogen-bond acceptors (Lipinski definition) is 7. The van der Waals surface area contributed by atoms with Crippen LogP contribution in [0.3, 0.4) is 0 Å². The number of hydrogen-bond donors (Lipinski definition) is 1. The second-order valence-corrected chi connectivity index (χ2v) is 6.46. The Kier molecular flexibility index (Phi) is 6.77. The molecule has 3 heterocycles. The van der Waals surface area contributed by atoms with Crippen molar-refractivity contribution in [1.82, 2.24) is 25.0 Å². The molecule has 2 aromatic rings. The van der Waals surface area contributed by atoms with Gasteiger partial charge in [0.15, 0.2) is 12.4 Å². The van der Waals surface area contributed by atoms with Crippen LogP contribution in [0.5, 0.6) is 0 Å². The maximum atomic E-state index is 12.1. The van der Waals surface area contributed by atoms with E-state index >= 15 is 0 Å². The number of carbonyl (C=O) groups excluding carboxylic acids is 3. The summed E-state index contributed by atoms with van der Waals surface area (Å²) < 4.78 is 11.6. The molecule has 0 unspecified atom stereocenters. The van der Waals surface area contributed by atoms with Crippen molar-refractivity contribution in [2.75, 3.05) is 26.3 Å². The SMILES string of the molecule is CCOC(=O)N1CCC(NC(=O)COC(=O)c2ccc(-n3cccn3)nc2)CC1. The molecule has 0 aromatic carbocycles. The van der Waals surface area contributed by atoms with Crippen molar-refractivity contribution < 1.29 is 23.9 Å². The van der Waals surface area contributed by atoms with Crippen LogP contribution in [-0.2, 0) is 14.3 Å². The number of amides is 2. The summed E-state index contributed by atoms with van der Waals surface area (Å²) in [5.74, 6) is -0.440. The summed E-state index contributed by atoms with van der Waals surface area (Å²) >= 11 is 0. The number of rotatable bonds is 6. The number of esters is 1. The highest BCUT2D eigenvalue weighted by Gasteiger charge is 2.24. The number of aromatic nitrogens is 3. The van der Waals surface area contributed by atoms with Gasteiger partial charge in [-0.2, -0.15) is 5.10 Å². The second kappa shape index (κ2) is 9.67. The average Bonchev–Trinajstić information content (AvgIpc) is 3.28. The molecule has 2 amide bonds. The molecule has 1 aliphatic heterocycles. The molecular formula is C19H23N5O5. The fourth-order valence-corrected chi connectivity index (χ4v) is 2.95. The van der Waals surface area contributed by atoms with Crippen molar-refractivity contribution in [2.45, 2.75) is 25.8 Å². The third-order valence-electron chi connectivity index (χ3n) is 4.44. The Morgan fingerprint density at radius 1 is 1.21 bits per heavy atom. The first-order valence-corrected chi connectivity index (χ1v) is 9.41. The average molecular weight is 401 g/mol. The minimum Gasteiger partial charge on any atom is -0.452 e. The van der Waals surface area contributed by atoms with Crippen LogP contribution in [0.2, 0.25) is 0 Å². The van der Waals surface area contributed by atoms with E-state index in [2.05, 4.69) is 15.4 Å². The van der Waals surface area contributed by atoms with Crippen molar-refractivity contribution in [3.8, 4) is 5.82 Å². The lowest BCUT2D eigenvalue weighted by atomic mass is 10.1. The van der Waals surface area contributed by atoms with Crippen LogP contribution in [0.25, 0.3) is 5.82 Å². The molecule has 0 atom stereocenters. The lowest BCUT2D eigenvalue weighted by molar-refractivity contribution is -0.125. The first-order valence-electron chi connectivity index (χ1n) is 9.41. The van der Waals surface area contributed by atoms with Crippen molar-refractivity contribution >= 4 is 18.0 Å². The van der Waals surface area contributed by atoms with Crippen molar-refractivity contribution in [2.24, 2.45) is 0 Å². The molecule has 0 bridgehead atoms. The van der Waals surface area contributed by atoms with Gasteiger partial charge in [0.1, 0.15) is 0 Å². The van der Waals surface area contributed by atoms with Gasteiger partial charge in [-0.25, -0.2) is 19.3 Å². The Bertz CT molecular complexity index is 829. The molecule has 3 rings (SSSR count). The van der Waals surface area contributed by atoms with Crippen molar-refractivity contribution in [1.29, 1.82) is 0 Å². The zero-order chi connectivity index (χ0) is 20.6. The molecule has 29 heavy (non-hydrogen) atoms. The van der Waals surface area contributed by atoms with Gasteiger partial charge in [-0.1, -0.05) is 0 Å². The number of ether oxygens (including phenoxy) is 2. The molecule has 0 aliphatic carbocycles. The zero-order valence-corrected chi connectivity index (χ0v) is 16.1. The van der Waals surface area contributed by atoms with Crippen LogP contribution in [0, 0.1) is 0 Å². The summed E-state index contributed by atoms with van der Waals surface area (Å²) in [6.45, 7) is 2.74. The van der Waals surface area contributed by atoms with Crippen LogP contribution in [0.1, 0.15) is 30.1 Å². The molecule has 2 aromatic heterocycles. The molecule has 1 fully saturated rings. The van der Waals surface area contributed by atoms with E-state index in [0.717, 1.165) is 0 Å². The molecule has 0 saturated carbocycles. The van der Waals surface area contributed by atoms with Crippen LogP contribution in [-0.4, -0.2) is 70.0 Å². The van der Waals surface area contributed by atoms with E-state index in [-0.39, 0.29) is 30.2 Å². The Morgan fingerprint density at radius 3 is 2.62 bits per heavy atom. The third-order valence-corrected chi connectivity index (χ3v) is 4.44. The Balaban J connectivity index is 1.40. The van der Waals surface area contributed by atoms with Gasteiger partial charge in [-0.3, -0.25) is 4.79 Å². The van der Waals surface area contributed by atoms with E-state index in [9.17, 15) is 14.4 Å². The normalized spacial score (nSPS) is 14.3. The number of nitrogens with one attached hydrogen (secondary N) is 1. The van der Waals surface area contributed by atoms with Gasteiger partial charge < -0.3 is 19.7 Å². The first kappa shape index (κ1) is 20.3. The number of pyridine rings is 1. The zero-order valence-electron chi connectivity index (χ0n) is 16.1. The van der Waals surface area contributed by atoms with Gasteiger partial charge in [-0.15, -0.1) is 0 Å². The maximum Gasteiger partial charge on any atom is 0.409 e. The molecule has 0 radical (unpaired) electrons. The fourth-order valence-electron chi connectivity index (χ4n) is 2.95. The Morgan fingerprint density at radius 2 is 2.00 bits per heavy atom. The van der Waals surface area contributed by atoms with E-state index in [1.807, 2.05) is 0 Å². The summed E-state index contributed by atoms with van der Waals surface area (Å²) in [6, 6.07) is 4.90. The van der Waals surface area contributed by atoms with E-state index < -0.39 is 5.97 Å². The summed E-state index contributed by atoms with van der Waals surface area (Å²) in [4.78, 5) is 41.6. The van der Waals surface area contributed by atoms with Gasteiger partial charge in [0.25, 0.3) is 5.91 Å². The van der Waals surface area contributed by atoms with Gasteiger partial charge in [0, 0.05) is 37.7 Å². The van der Waals surface area contributed by atoms with E-state index in [1.165, 1.54) is 6.20 Å². The number of piperidine rings is 1. The second-order valence-electron chi connectivity index (χ2n) is 6.46. The molecule has 10 heteroatoms. The van der Waals surface area contributed by atoms with E-state index in [0.29, 0.717) is 38.4 Å². The molecular weight excluding hydrogens is 378 g/mol. The highest BCUT2D eigenvalue weighted by Crippen LogP contribution is 2.11. The highest BCUT2D eigenvalue weighted by molar-refractivity contribution is 5.91. The smallest absolute Gasteiger partial charge is 0.409 e. The number of carbonyl (C=O) groups is 3. The lowest BCUT2D eigenvalue weighted by Gasteiger charge is -2.31. The monoisotopic (exact) mass is 401 g/mol. The van der Waals surface area contributed by atoms with Gasteiger partial charge >= 0.3 is 12.1 Å². The van der Waals surface area contributed by atoms with Crippen molar-refractivity contribution in [3.05, 3.63) is 42.4 Å². The molecule has 1 aliphatic rings. The molecule has 10 nitrogen and oxygen atoms in total. The van der Waals surface area contributed by atoms with Crippen molar-refractivity contribution in [3.63, 3.8) is 0 Å². The largest absolute Gasteiger partial charge is 0.452 e. The Hall–Kier alpha value is -3.43. The highest BCUT2D eigenvalue weighted by atomic mass is 16.6. The van der Waals surface area contributed by atoms with Crippen LogP contribution in [0.4, 0.5) is 4.79 Å². The van der Waals surface area contributed by atoms with E-state index in [4.69, 9.17) is 9.47 Å². The summed E-state index contributed by atoms with van der Waals surface area (Å²) in [6.07, 6.45) is 5.65. The molecule has 0 spiro atoms. The molecule has 1 saturated heterocycles. The first-order chi connectivity index (χ1) is 14.1. The quantitative estimate of drug-likeness (QED) is 0.722. The molecule has 1 N–H and O–H groups in total. The number of nitrogens with zero attached hydrogens (tertiary/aromatic N) is 4. The van der Waals surface area contributed by atoms with Crippen LogP contribution < -0.4 is 5.32 Å². The summed E-state index contributed by atoms with van der Waals surface area (Å²) in [7, 11) is 0. The van der Waals surface area contributed by atoms with E-state index in [1.54, 1.807) is 47.1 Å². The van der Waals surface area contributed by atoms with Gasteiger partial charge in [0.05, 0.1) is 12.2 Å². The summed E-state index contributed by atoms with van der Waals surface area (Å²) in [5, 5.41) is 6.88. The third kappa shape index (κ3) is 5.53. The van der Waals surface area contributed by atoms with Crippen LogP contribution in [0.15, 0.2) is 36.8 Å². The predicted octanol–water partition coefficient (Wildman–Crippen LogP) is 1.16. The van der Waals surface area contributed by atoms with Gasteiger partial charge in [-0.05, 0) is 38.0 Å². The summed E-state index contributed by atoms with van der Waals surface area (Å²) in [5.41, 5.74) is 0.247. The lowest BCUT2D eigenvalue weighted by Crippen LogP contribution is -2.47. The predicted molar refractivity (Wildman–Crippen MR) is 101 cm³/mol.